The van der Waals surface area contributed by atoms with Crippen LogP contribution < -0.4 is 11.2 Å². The molecular formula is C10H11BN2O2. The van der Waals surface area contributed by atoms with Crippen molar-refractivity contribution in [2.75, 3.05) is 0 Å². The Labute approximate surface area is 87.9 Å². The highest BCUT2D eigenvalue weighted by molar-refractivity contribution is 6.33. The van der Waals surface area contributed by atoms with E-state index in [9.17, 15) is 4.79 Å². The first kappa shape index (κ1) is 9.77. The Morgan fingerprint density at radius 1 is 1.47 bits per heavy atom. The lowest BCUT2D eigenvalue weighted by Gasteiger charge is -2.03. The van der Waals surface area contributed by atoms with Crippen LogP contribution in [0, 0.1) is 6.92 Å². The van der Waals surface area contributed by atoms with Gasteiger partial charge in [0, 0.05) is 12.6 Å². The van der Waals surface area contributed by atoms with Gasteiger partial charge in [-0.05, 0) is 18.6 Å². The smallest absolute Gasteiger partial charge is 0.388 e. The summed E-state index contributed by atoms with van der Waals surface area (Å²) in [5.41, 5.74) is 3.10. The van der Waals surface area contributed by atoms with Gasteiger partial charge < -0.3 is 4.42 Å². The number of hydrogen-bond acceptors (Lipinski definition) is 3. The number of benzene rings is 1. The summed E-state index contributed by atoms with van der Waals surface area (Å²) < 4.78 is 6.22. The third kappa shape index (κ3) is 1.60. The molecule has 0 bridgehead atoms. The predicted molar refractivity (Wildman–Crippen MR) is 60.1 cm³/mol. The summed E-state index contributed by atoms with van der Waals surface area (Å²) in [7, 11) is 3.58. The van der Waals surface area contributed by atoms with Crippen LogP contribution in [0.1, 0.15) is 5.56 Å². The molecule has 0 N–H and O–H groups in total. The van der Waals surface area contributed by atoms with Crippen molar-refractivity contribution in [3.8, 4) is 11.5 Å². The van der Waals surface area contributed by atoms with E-state index >= 15 is 0 Å². The van der Waals surface area contributed by atoms with E-state index < -0.39 is 5.76 Å². The van der Waals surface area contributed by atoms with Crippen molar-refractivity contribution in [2.24, 2.45) is 7.05 Å². The summed E-state index contributed by atoms with van der Waals surface area (Å²) in [6, 6.07) is 5.83. The highest BCUT2D eigenvalue weighted by Gasteiger charge is 2.10. The maximum atomic E-state index is 11.1. The van der Waals surface area contributed by atoms with Gasteiger partial charge in [-0.25, -0.2) is 4.79 Å². The second-order valence-electron chi connectivity index (χ2n) is 3.54. The minimum Gasteiger partial charge on any atom is -0.388 e. The van der Waals surface area contributed by atoms with Crippen molar-refractivity contribution in [3.63, 3.8) is 0 Å². The van der Waals surface area contributed by atoms with E-state index in [-0.39, 0.29) is 0 Å². The molecule has 1 aromatic heterocycles. The molecule has 0 atom stereocenters. The lowest BCUT2D eigenvalue weighted by molar-refractivity contribution is 0.505. The zero-order valence-corrected chi connectivity index (χ0v) is 8.94. The van der Waals surface area contributed by atoms with Crippen LogP contribution in [0.4, 0.5) is 0 Å². The summed E-state index contributed by atoms with van der Waals surface area (Å²) >= 11 is 0. The third-order valence-corrected chi connectivity index (χ3v) is 2.52. The minimum atomic E-state index is -0.439. The molecule has 0 saturated heterocycles. The largest absolute Gasteiger partial charge is 0.437 e. The molecule has 15 heavy (non-hydrogen) atoms. The summed E-state index contributed by atoms with van der Waals surface area (Å²) in [4.78, 5) is 11.1. The number of nitrogens with zero attached hydrogens (tertiary/aromatic N) is 2. The summed E-state index contributed by atoms with van der Waals surface area (Å²) in [6.07, 6.45) is 0. The maximum Gasteiger partial charge on any atom is 0.437 e. The SMILES string of the molecule is Bc1cccc(-c2nn(C)c(=O)o2)c1C. The van der Waals surface area contributed by atoms with Crippen LogP contribution in [0.25, 0.3) is 11.5 Å². The highest BCUT2D eigenvalue weighted by Crippen LogP contribution is 2.17. The van der Waals surface area contributed by atoms with Crippen LogP contribution in [0.5, 0.6) is 0 Å². The van der Waals surface area contributed by atoms with E-state index in [1.54, 1.807) is 7.05 Å². The summed E-state index contributed by atoms with van der Waals surface area (Å²) in [6.45, 7) is 1.99. The molecule has 76 valence electrons. The van der Waals surface area contributed by atoms with Crippen molar-refractivity contribution < 1.29 is 4.42 Å². The third-order valence-electron chi connectivity index (χ3n) is 2.52. The highest BCUT2D eigenvalue weighted by atomic mass is 16.4. The molecule has 5 heteroatoms. The molecule has 4 nitrogen and oxygen atoms in total. The van der Waals surface area contributed by atoms with E-state index in [0.29, 0.717) is 5.89 Å². The summed E-state index contributed by atoms with van der Waals surface area (Å²) in [5.74, 6) is -0.0605. The number of aromatic nitrogens is 2. The normalized spacial score (nSPS) is 10.5. The molecule has 1 heterocycles. The zero-order chi connectivity index (χ0) is 11.0. The van der Waals surface area contributed by atoms with Gasteiger partial charge in [-0.1, -0.05) is 17.6 Å². The maximum absolute atomic E-state index is 11.1. The van der Waals surface area contributed by atoms with E-state index in [0.717, 1.165) is 16.6 Å². The second-order valence-corrected chi connectivity index (χ2v) is 3.54. The number of aryl methyl sites for hydroxylation is 1. The first-order valence-electron chi connectivity index (χ1n) is 4.70. The Morgan fingerprint density at radius 3 is 2.80 bits per heavy atom. The molecule has 0 aliphatic rings. The molecule has 2 rings (SSSR count). The standard InChI is InChI=1S/C10H11BN2O2/c1-6-7(4-3-5-8(6)11)9-12-13(2)10(14)15-9/h3-5H,11H2,1-2H3. The molecule has 1 aromatic carbocycles. The van der Waals surface area contributed by atoms with Crippen LogP contribution in [0.15, 0.2) is 27.4 Å². The van der Waals surface area contributed by atoms with Gasteiger partial charge in [0.2, 0.25) is 5.89 Å². The topological polar surface area (TPSA) is 48.0 Å². The minimum absolute atomic E-state index is 0.378. The average molecular weight is 202 g/mol. The van der Waals surface area contributed by atoms with Crippen molar-refractivity contribution in [2.45, 2.75) is 6.92 Å². The first-order chi connectivity index (χ1) is 7.09. The lowest BCUT2D eigenvalue weighted by Crippen LogP contribution is -2.09. The molecule has 0 aliphatic carbocycles. The fourth-order valence-corrected chi connectivity index (χ4v) is 1.44. The number of hydrogen-bond donors (Lipinski definition) is 0. The summed E-state index contributed by atoms with van der Waals surface area (Å²) in [5, 5.41) is 4.02. The quantitative estimate of drug-likeness (QED) is 0.591. The van der Waals surface area contributed by atoms with Crippen molar-refractivity contribution in [1.29, 1.82) is 0 Å². The van der Waals surface area contributed by atoms with Gasteiger partial charge in [0.15, 0.2) is 0 Å². The molecule has 0 aliphatic heterocycles. The molecule has 0 unspecified atom stereocenters. The van der Waals surface area contributed by atoms with Crippen LogP contribution in [-0.4, -0.2) is 17.6 Å². The van der Waals surface area contributed by atoms with Crippen LogP contribution in [-0.2, 0) is 7.05 Å². The van der Waals surface area contributed by atoms with Gasteiger partial charge in [0.1, 0.15) is 7.85 Å². The monoisotopic (exact) mass is 202 g/mol. The molecule has 2 aromatic rings. The van der Waals surface area contributed by atoms with E-state index in [1.807, 2.05) is 33.0 Å². The molecule has 0 radical (unpaired) electrons. The molecule has 0 fully saturated rings. The fourth-order valence-electron chi connectivity index (χ4n) is 1.44. The fraction of sp³-hybridized carbons (Fsp3) is 0.200. The van der Waals surface area contributed by atoms with Crippen LogP contribution in [0.2, 0.25) is 0 Å². The van der Waals surface area contributed by atoms with E-state index in [1.165, 1.54) is 4.68 Å². The van der Waals surface area contributed by atoms with Crippen LogP contribution in [0.3, 0.4) is 0 Å². The average Bonchev–Trinajstić information content (AvgIpc) is 2.51. The Balaban J connectivity index is 2.64. The molecule has 0 spiro atoms. The van der Waals surface area contributed by atoms with E-state index in [2.05, 4.69) is 5.10 Å². The van der Waals surface area contributed by atoms with Crippen molar-refractivity contribution in [1.82, 2.24) is 9.78 Å². The molecule has 0 saturated carbocycles. The van der Waals surface area contributed by atoms with Crippen molar-refractivity contribution in [3.05, 3.63) is 34.3 Å². The zero-order valence-electron chi connectivity index (χ0n) is 8.94. The Kier molecular flexibility index (Phi) is 2.23. The second kappa shape index (κ2) is 3.42. The predicted octanol–water partition coefficient (Wildman–Crippen LogP) is -0.393. The molecule has 0 amide bonds. The van der Waals surface area contributed by atoms with Gasteiger partial charge in [0.25, 0.3) is 0 Å². The van der Waals surface area contributed by atoms with Gasteiger partial charge in [-0.3, -0.25) is 0 Å². The Hall–Kier alpha value is -1.78. The van der Waals surface area contributed by atoms with Gasteiger partial charge in [0.05, 0.1) is 0 Å². The van der Waals surface area contributed by atoms with Gasteiger partial charge in [-0.2, -0.15) is 4.68 Å². The van der Waals surface area contributed by atoms with Gasteiger partial charge >= 0.3 is 5.76 Å². The Morgan fingerprint density at radius 2 is 2.20 bits per heavy atom. The van der Waals surface area contributed by atoms with Crippen LogP contribution >= 0.6 is 0 Å². The Bertz CT molecular complexity index is 557. The van der Waals surface area contributed by atoms with E-state index in [4.69, 9.17) is 4.42 Å². The first-order valence-corrected chi connectivity index (χ1v) is 4.70. The number of rotatable bonds is 1. The van der Waals surface area contributed by atoms with Crippen molar-refractivity contribution >= 4 is 13.3 Å². The van der Waals surface area contributed by atoms with Gasteiger partial charge in [-0.15, -0.1) is 5.10 Å². The molecular weight excluding hydrogens is 191 g/mol. The lowest BCUT2D eigenvalue weighted by atomic mass is 9.88.